The zero-order chi connectivity index (χ0) is 25.2. The molecule has 3 heteroatoms. The van der Waals surface area contributed by atoms with Gasteiger partial charge in [-0.15, -0.1) is 0 Å². The standard InChI is InChI=1S/2C18H19.2ClH.Zr/c2*1-2-15(16-7-3-4-8-16)11-14-12-17-9-5-6-10-18(17)13-14;;;/h2*3,5-7,9-10,12,15H,2,4,11,13H2,1H3;2*1H;/q;;;;+2/p-2. The second-order valence-corrected chi connectivity index (χ2v) is 14.8. The minimum atomic E-state index is -0.757. The SMILES string of the molecule is CCC(CC1=Cc2ccccc2C1)C1=[C]([Zr+2][C]2=C(C(CC)CC3=Cc4ccccc4C3)C=CC2)CC=C1.[Cl-].[Cl-]. The molecule has 2 unspecified atom stereocenters. The minimum absolute atomic E-state index is 0. The van der Waals surface area contributed by atoms with Gasteiger partial charge in [0.1, 0.15) is 0 Å². The van der Waals surface area contributed by atoms with Crippen molar-refractivity contribution in [1.29, 1.82) is 0 Å². The van der Waals surface area contributed by atoms with E-state index in [1.807, 2.05) is 6.56 Å². The Morgan fingerprint density at radius 3 is 1.49 bits per heavy atom. The van der Waals surface area contributed by atoms with Crippen LogP contribution in [0.15, 0.2) is 102 Å². The van der Waals surface area contributed by atoms with Crippen LogP contribution in [0.5, 0.6) is 0 Å². The fourth-order valence-electron chi connectivity index (χ4n) is 6.78. The van der Waals surface area contributed by atoms with E-state index in [1.54, 1.807) is 22.3 Å². The molecule has 4 aliphatic carbocycles. The van der Waals surface area contributed by atoms with Crippen LogP contribution in [-0.2, 0) is 36.1 Å². The van der Waals surface area contributed by atoms with Crippen molar-refractivity contribution < 1.29 is 48.0 Å². The predicted octanol–water partition coefficient (Wildman–Crippen LogP) is 3.62. The Hall–Kier alpha value is -1.66. The third-order valence-electron chi connectivity index (χ3n) is 8.78. The van der Waals surface area contributed by atoms with E-state index in [9.17, 15) is 0 Å². The third kappa shape index (κ3) is 6.64. The Morgan fingerprint density at radius 1 is 0.641 bits per heavy atom. The Morgan fingerprint density at radius 2 is 1.08 bits per heavy atom. The van der Waals surface area contributed by atoms with Gasteiger partial charge in [-0.05, 0) is 0 Å². The Balaban J connectivity index is 0.00000176. The Kier molecular flexibility index (Phi) is 10.7. The molecule has 0 aliphatic heterocycles. The maximum absolute atomic E-state index is 2.51. The molecule has 0 saturated carbocycles. The van der Waals surface area contributed by atoms with Crippen molar-refractivity contribution in [1.82, 2.24) is 0 Å². The fraction of sp³-hybridized carbons (Fsp3) is 0.333. The molecule has 0 amide bonds. The van der Waals surface area contributed by atoms with Crippen molar-refractivity contribution in [2.24, 2.45) is 11.8 Å². The van der Waals surface area contributed by atoms with Crippen molar-refractivity contribution in [3.8, 4) is 0 Å². The van der Waals surface area contributed by atoms with Crippen LogP contribution in [0.2, 0.25) is 0 Å². The summed E-state index contributed by atoms with van der Waals surface area (Å²) in [6, 6.07) is 17.9. The molecule has 0 heterocycles. The van der Waals surface area contributed by atoms with Crippen molar-refractivity contribution in [2.75, 3.05) is 0 Å². The molecule has 2 aromatic carbocycles. The molecule has 0 aromatic heterocycles. The van der Waals surface area contributed by atoms with Crippen LogP contribution >= 0.6 is 0 Å². The first-order valence-corrected chi connectivity index (χ1v) is 16.8. The number of hydrogen-bond donors (Lipinski definition) is 0. The Bertz CT molecular complexity index is 1280. The molecule has 2 atom stereocenters. The van der Waals surface area contributed by atoms with Crippen molar-refractivity contribution in [3.63, 3.8) is 0 Å². The van der Waals surface area contributed by atoms with E-state index in [0.717, 1.165) is 12.8 Å². The first-order chi connectivity index (χ1) is 18.2. The maximum atomic E-state index is 2.51. The van der Waals surface area contributed by atoms with Crippen molar-refractivity contribution >= 4 is 12.2 Å². The van der Waals surface area contributed by atoms with Gasteiger partial charge in [0.2, 0.25) is 0 Å². The smallest absolute Gasteiger partial charge is 1.00 e. The summed E-state index contributed by atoms with van der Waals surface area (Å²) < 4.78 is 3.70. The monoisotopic (exact) mass is 630 g/mol. The van der Waals surface area contributed by atoms with Gasteiger partial charge in [0, 0.05) is 0 Å². The first kappa shape index (κ1) is 30.3. The van der Waals surface area contributed by atoms with Gasteiger partial charge < -0.3 is 24.8 Å². The number of fused-ring (bicyclic) bond motifs is 2. The number of allylic oxidation sites excluding steroid dienone is 10. The third-order valence-corrected chi connectivity index (χ3v) is 12.7. The molecule has 0 spiro atoms. The molecule has 200 valence electrons. The van der Waals surface area contributed by atoms with Crippen LogP contribution in [-0.4, -0.2) is 0 Å². The number of hydrogen-bond acceptors (Lipinski definition) is 0. The minimum Gasteiger partial charge on any atom is -1.00 e. The summed E-state index contributed by atoms with van der Waals surface area (Å²) in [5.74, 6) is 1.36. The van der Waals surface area contributed by atoms with Gasteiger partial charge in [0.15, 0.2) is 0 Å². The zero-order valence-corrected chi connectivity index (χ0v) is 27.1. The largest absolute Gasteiger partial charge is 1.00 e. The van der Waals surface area contributed by atoms with E-state index in [-0.39, 0.29) is 24.8 Å². The number of benzene rings is 2. The summed E-state index contributed by atoms with van der Waals surface area (Å²) in [6.07, 6.45) is 24.6. The zero-order valence-electron chi connectivity index (χ0n) is 23.2. The van der Waals surface area contributed by atoms with Gasteiger partial charge in [-0.1, -0.05) is 0 Å². The molecule has 39 heavy (non-hydrogen) atoms. The molecule has 4 aliphatic rings. The quantitative estimate of drug-likeness (QED) is 0.376. The van der Waals surface area contributed by atoms with E-state index < -0.39 is 23.2 Å². The number of rotatable bonds is 10. The van der Waals surface area contributed by atoms with E-state index in [1.165, 1.54) is 60.8 Å². The van der Waals surface area contributed by atoms with Gasteiger partial charge in [-0.3, -0.25) is 0 Å². The molecule has 0 bridgehead atoms. The normalized spacial score (nSPS) is 18.2. The molecular weight excluding hydrogens is 595 g/mol. The molecule has 0 fully saturated rings. The Labute approximate surface area is 259 Å². The topological polar surface area (TPSA) is 0 Å². The first-order valence-electron chi connectivity index (χ1n) is 14.3. The molecule has 0 saturated heterocycles. The number of halogens is 2. The van der Waals surface area contributed by atoms with Crippen LogP contribution in [0.3, 0.4) is 0 Å². The van der Waals surface area contributed by atoms with Crippen LogP contribution in [0.4, 0.5) is 0 Å². The summed E-state index contributed by atoms with van der Waals surface area (Å²) in [6.45, 7) is 4.80. The van der Waals surface area contributed by atoms with E-state index in [4.69, 9.17) is 0 Å². The van der Waals surface area contributed by atoms with Crippen molar-refractivity contribution in [2.45, 2.75) is 65.2 Å². The average Bonchev–Trinajstić information content (AvgIpc) is 3.72. The van der Waals surface area contributed by atoms with E-state index in [2.05, 4.69) is 98.8 Å². The summed E-state index contributed by atoms with van der Waals surface area (Å²) in [4.78, 5) is 0. The average molecular weight is 633 g/mol. The van der Waals surface area contributed by atoms with Gasteiger partial charge in [0.25, 0.3) is 0 Å². The molecule has 0 nitrogen and oxygen atoms in total. The van der Waals surface area contributed by atoms with Crippen LogP contribution < -0.4 is 24.8 Å². The summed E-state index contributed by atoms with van der Waals surface area (Å²) in [5, 5.41) is 0. The van der Waals surface area contributed by atoms with Gasteiger partial charge >= 0.3 is 236 Å². The maximum Gasteiger partial charge on any atom is -1.00 e. The second kappa shape index (κ2) is 13.8. The molecular formula is C36H38Cl2Zr. The van der Waals surface area contributed by atoms with Gasteiger partial charge in [-0.2, -0.15) is 0 Å². The molecule has 2 aromatic rings. The van der Waals surface area contributed by atoms with Crippen LogP contribution in [0, 0.1) is 11.8 Å². The summed E-state index contributed by atoms with van der Waals surface area (Å²) in [5.41, 5.74) is 12.6. The van der Waals surface area contributed by atoms with Crippen LogP contribution in [0.25, 0.3) is 12.2 Å². The van der Waals surface area contributed by atoms with Gasteiger partial charge in [0.05, 0.1) is 0 Å². The molecule has 0 N–H and O–H groups in total. The predicted molar refractivity (Wildman–Crippen MR) is 155 cm³/mol. The molecule has 6 rings (SSSR count). The summed E-state index contributed by atoms with van der Waals surface area (Å²) >= 11 is -0.757. The summed E-state index contributed by atoms with van der Waals surface area (Å²) in [7, 11) is 0. The van der Waals surface area contributed by atoms with Gasteiger partial charge in [-0.25, -0.2) is 0 Å². The fourth-order valence-corrected chi connectivity index (χ4v) is 10.9. The van der Waals surface area contributed by atoms with E-state index in [0.29, 0.717) is 11.8 Å². The van der Waals surface area contributed by atoms with Crippen molar-refractivity contribution in [3.05, 3.63) is 124 Å². The van der Waals surface area contributed by atoms with E-state index >= 15 is 0 Å². The second-order valence-electron chi connectivity index (χ2n) is 11.2. The molecule has 0 radical (unpaired) electrons. The van der Waals surface area contributed by atoms with Crippen LogP contribution in [0.1, 0.15) is 74.6 Å².